The van der Waals surface area contributed by atoms with E-state index >= 15 is 0 Å². The average molecular weight is 361 g/mol. The van der Waals surface area contributed by atoms with Gasteiger partial charge in [-0.3, -0.25) is 0 Å². The molecule has 0 fully saturated rings. The fraction of sp³-hybridized carbons (Fsp3) is 0.333. The van der Waals surface area contributed by atoms with Crippen molar-refractivity contribution in [3.05, 3.63) is 59.2 Å². The van der Waals surface area contributed by atoms with Crippen molar-refractivity contribution in [1.29, 1.82) is 0 Å². The highest BCUT2D eigenvalue weighted by atomic mass is 19.4. The molecule has 0 aliphatic carbocycles. The van der Waals surface area contributed by atoms with Crippen LogP contribution in [0.5, 0.6) is 0 Å². The molecule has 1 N–H and O–H groups in total. The number of hydrogen-bond acceptors (Lipinski definition) is 1. The molecule has 0 saturated carbocycles. The molecule has 0 saturated heterocycles. The van der Waals surface area contributed by atoms with E-state index in [1.807, 2.05) is 20.8 Å². The highest BCUT2D eigenvalue weighted by molar-refractivity contribution is 5.65. The second-order valence-electron chi connectivity index (χ2n) is 6.71. The molecule has 2 rings (SSSR count). The molecular formula is C18H17F6N. The Labute approximate surface area is 141 Å². The maximum absolute atomic E-state index is 13.1. The lowest BCUT2D eigenvalue weighted by atomic mass is 9.87. The zero-order valence-corrected chi connectivity index (χ0v) is 13.8. The fourth-order valence-electron chi connectivity index (χ4n) is 2.28. The fourth-order valence-corrected chi connectivity index (χ4v) is 2.28. The van der Waals surface area contributed by atoms with Gasteiger partial charge in [0.15, 0.2) is 0 Å². The van der Waals surface area contributed by atoms with Gasteiger partial charge in [-0.15, -0.1) is 0 Å². The van der Waals surface area contributed by atoms with Gasteiger partial charge in [-0.1, -0.05) is 32.9 Å². The van der Waals surface area contributed by atoms with E-state index in [4.69, 9.17) is 0 Å². The van der Waals surface area contributed by atoms with E-state index in [0.29, 0.717) is 18.2 Å². The maximum Gasteiger partial charge on any atom is 0.418 e. The van der Waals surface area contributed by atoms with Gasteiger partial charge in [-0.05, 0) is 41.3 Å². The molecule has 2 aromatic rings. The van der Waals surface area contributed by atoms with E-state index < -0.39 is 29.2 Å². The Bertz CT molecular complexity index is 736. The van der Waals surface area contributed by atoms with Crippen LogP contribution in [0.3, 0.4) is 0 Å². The van der Waals surface area contributed by atoms with E-state index in [-0.39, 0.29) is 11.1 Å². The molecule has 2 aromatic carbocycles. The molecule has 0 aromatic heterocycles. The van der Waals surface area contributed by atoms with E-state index in [9.17, 15) is 26.3 Å². The van der Waals surface area contributed by atoms with Crippen LogP contribution in [-0.4, -0.2) is 0 Å². The second kappa shape index (κ2) is 6.28. The van der Waals surface area contributed by atoms with Crippen molar-refractivity contribution in [3.8, 4) is 0 Å². The third kappa shape index (κ3) is 4.67. The Kier molecular flexibility index (Phi) is 4.81. The maximum atomic E-state index is 13.1. The Morgan fingerprint density at radius 3 is 1.64 bits per heavy atom. The predicted octanol–water partition coefficient (Wildman–Crippen LogP) is 6.77. The number of alkyl halides is 6. The zero-order valence-electron chi connectivity index (χ0n) is 13.8. The van der Waals surface area contributed by atoms with Gasteiger partial charge in [0, 0.05) is 5.69 Å². The quantitative estimate of drug-likeness (QED) is 0.582. The monoisotopic (exact) mass is 361 g/mol. The molecule has 136 valence electrons. The van der Waals surface area contributed by atoms with Crippen LogP contribution in [0.2, 0.25) is 0 Å². The summed E-state index contributed by atoms with van der Waals surface area (Å²) in [7, 11) is 0. The topological polar surface area (TPSA) is 12.0 Å². The van der Waals surface area contributed by atoms with Crippen LogP contribution in [0, 0.1) is 0 Å². The van der Waals surface area contributed by atoms with Crippen LogP contribution in [0.1, 0.15) is 37.5 Å². The van der Waals surface area contributed by atoms with Gasteiger partial charge < -0.3 is 5.32 Å². The van der Waals surface area contributed by atoms with E-state index in [2.05, 4.69) is 5.32 Å². The summed E-state index contributed by atoms with van der Waals surface area (Å²) in [6, 6.07) is 7.88. The summed E-state index contributed by atoms with van der Waals surface area (Å²) in [4.78, 5) is 0. The minimum atomic E-state index is -4.77. The van der Waals surface area contributed by atoms with Crippen molar-refractivity contribution in [2.75, 3.05) is 5.32 Å². The van der Waals surface area contributed by atoms with Crippen molar-refractivity contribution in [2.24, 2.45) is 0 Å². The van der Waals surface area contributed by atoms with Gasteiger partial charge in [0.25, 0.3) is 0 Å². The summed E-state index contributed by atoms with van der Waals surface area (Å²) >= 11 is 0. The standard InChI is InChI=1S/C18H17F6N/c1-16(2,3)11-4-7-13(8-5-11)25-15-10-12(17(19,20)21)6-9-14(15)18(22,23)24/h4-10,25H,1-3H3. The molecule has 0 amide bonds. The smallest absolute Gasteiger partial charge is 0.355 e. The summed E-state index contributed by atoms with van der Waals surface area (Å²) in [6.45, 7) is 5.93. The molecule has 0 unspecified atom stereocenters. The molecule has 7 heteroatoms. The van der Waals surface area contributed by atoms with Gasteiger partial charge in [0.1, 0.15) is 0 Å². The molecule has 0 atom stereocenters. The molecule has 25 heavy (non-hydrogen) atoms. The van der Waals surface area contributed by atoms with Gasteiger partial charge in [0.05, 0.1) is 16.8 Å². The largest absolute Gasteiger partial charge is 0.418 e. The number of rotatable bonds is 2. The van der Waals surface area contributed by atoms with Gasteiger partial charge >= 0.3 is 12.4 Å². The molecule has 0 heterocycles. The molecular weight excluding hydrogens is 344 g/mol. The predicted molar refractivity (Wildman–Crippen MR) is 84.9 cm³/mol. The van der Waals surface area contributed by atoms with Crippen LogP contribution in [0.25, 0.3) is 0 Å². The summed E-state index contributed by atoms with van der Waals surface area (Å²) in [5.41, 5.74) is -1.84. The van der Waals surface area contributed by atoms with E-state index in [1.54, 1.807) is 24.3 Å². The van der Waals surface area contributed by atoms with Crippen LogP contribution in [0.15, 0.2) is 42.5 Å². The van der Waals surface area contributed by atoms with Crippen molar-refractivity contribution in [2.45, 2.75) is 38.5 Å². The Morgan fingerprint density at radius 2 is 1.20 bits per heavy atom. The molecule has 1 nitrogen and oxygen atoms in total. The van der Waals surface area contributed by atoms with Crippen molar-refractivity contribution in [3.63, 3.8) is 0 Å². The molecule has 0 aliphatic rings. The first-order chi connectivity index (χ1) is 11.3. The Morgan fingerprint density at radius 1 is 0.680 bits per heavy atom. The summed E-state index contributed by atoms with van der Waals surface area (Å²) in [5.74, 6) is 0. The zero-order chi connectivity index (χ0) is 19.0. The Hall–Kier alpha value is -2.18. The first kappa shape index (κ1) is 19.1. The number of anilines is 2. The number of hydrogen-bond donors (Lipinski definition) is 1. The molecule has 0 aliphatic heterocycles. The lowest BCUT2D eigenvalue weighted by Gasteiger charge is -2.20. The molecule has 0 spiro atoms. The third-order valence-electron chi connectivity index (χ3n) is 3.68. The highest BCUT2D eigenvalue weighted by Crippen LogP contribution is 2.40. The highest BCUT2D eigenvalue weighted by Gasteiger charge is 2.37. The normalized spacial score (nSPS) is 13.0. The SMILES string of the molecule is CC(C)(C)c1ccc(Nc2cc(C(F)(F)F)ccc2C(F)(F)F)cc1. The van der Waals surface area contributed by atoms with Gasteiger partial charge in [-0.2, -0.15) is 26.3 Å². The second-order valence-corrected chi connectivity index (χ2v) is 6.71. The number of halogens is 6. The summed E-state index contributed by atoms with van der Waals surface area (Å²) in [6.07, 6.45) is -9.49. The van der Waals surface area contributed by atoms with Crippen LogP contribution >= 0.6 is 0 Å². The van der Waals surface area contributed by atoms with E-state index in [1.165, 1.54) is 0 Å². The minimum Gasteiger partial charge on any atom is -0.355 e. The van der Waals surface area contributed by atoms with Gasteiger partial charge in [-0.25, -0.2) is 0 Å². The lowest BCUT2D eigenvalue weighted by Crippen LogP contribution is -2.13. The summed E-state index contributed by atoms with van der Waals surface area (Å²) in [5, 5.41) is 2.45. The van der Waals surface area contributed by atoms with Crippen molar-refractivity contribution >= 4 is 11.4 Å². The van der Waals surface area contributed by atoms with Gasteiger partial charge in [0.2, 0.25) is 0 Å². The number of benzene rings is 2. The average Bonchev–Trinajstić information content (AvgIpc) is 2.44. The first-order valence-electron chi connectivity index (χ1n) is 7.44. The van der Waals surface area contributed by atoms with Crippen LogP contribution < -0.4 is 5.32 Å². The minimum absolute atomic E-state index is 0.147. The third-order valence-corrected chi connectivity index (χ3v) is 3.68. The summed E-state index contributed by atoms with van der Waals surface area (Å²) < 4.78 is 77.7. The van der Waals surface area contributed by atoms with Crippen molar-refractivity contribution < 1.29 is 26.3 Å². The first-order valence-corrected chi connectivity index (χ1v) is 7.44. The number of nitrogens with one attached hydrogen (secondary N) is 1. The Balaban J connectivity index is 2.43. The van der Waals surface area contributed by atoms with Crippen LogP contribution in [0.4, 0.5) is 37.7 Å². The molecule has 0 radical (unpaired) electrons. The van der Waals surface area contributed by atoms with E-state index in [0.717, 1.165) is 5.56 Å². The van der Waals surface area contributed by atoms with Crippen molar-refractivity contribution in [1.82, 2.24) is 0 Å². The lowest BCUT2D eigenvalue weighted by molar-refractivity contribution is -0.140. The molecule has 0 bridgehead atoms. The van der Waals surface area contributed by atoms with Crippen LogP contribution in [-0.2, 0) is 17.8 Å².